The number of likely N-dealkylation sites (tertiary alicyclic amines) is 1. The predicted octanol–water partition coefficient (Wildman–Crippen LogP) is 3.36. The lowest BCUT2D eigenvalue weighted by molar-refractivity contribution is 0.0680. The van der Waals surface area contributed by atoms with Gasteiger partial charge in [0.05, 0.1) is 5.56 Å². The largest absolute Gasteiger partial charge is 0.357 e. The third-order valence-electron chi connectivity index (χ3n) is 5.67. The van der Waals surface area contributed by atoms with E-state index in [1.54, 1.807) is 6.20 Å². The minimum absolute atomic E-state index is 0. The van der Waals surface area contributed by atoms with Crippen LogP contribution in [0.5, 0.6) is 0 Å². The molecule has 2 saturated heterocycles. The van der Waals surface area contributed by atoms with Gasteiger partial charge in [0, 0.05) is 38.4 Å². The van der Waals surface area contributed by atoms with Gasteiger partial charge in [-0.3, -0.25) is 4.79 Å². The van der Waals surface area contributed by atoms with Crippen molar-refractivity contribution in [3.8, 4) is 0 Å². The third-order valence-corrected chi connectivity index (χ3v) is 5.67. The van der Waals surface area contributed by atoms with Gasteiger partial charge in [0.25, 0.3) is 5.91 Å². The molecule has 1 aromatic rings. The monoisotopic (exact) mass is 402 g/mol. The Kier molecular flexibility index (Phi) is 9.14. The van der Waals surface area contributed by atoms with E-state index in [-0.39, 0.29) is 36.8 Å². The van der Waals surface area contributed by atoms with Crippen LogP contribution in [0.1, 0.15) is 49.9 Å². The molecule has 1 amide bonds. The van der Waals surface area contributed by atoms with Crippen molar-refractivity contribution >= 4 is 36.5 Å². The number of anilines is 1. The smallest absolute Gasteiger partial charge is 0.255 e. The average Bonchev–Trinajstić information content (AvgIpc) is 2.62. The quantitative estimate of drug-likeness (QED) is 0.841. The van der Waals surface area contributed by atoms with E-state index in [1.807, 2.05) is 17.0 Å². The molecule has 0 saturated carbocycles. The van der Waals surface area contributed by atoms with Crippen molar-refractivity contribution in [2.75, 3.05) is 31.1 Å². The summed E-state index contributed by atoms with van der Waals surface area (Å²) in [5.41, 5.74) is 6.68. The van der Waals surface area contributed by atoms with Gasteiger partial charge in [-0.15, -0.1) is 24.8 Å². The van der Waals surface area contributed by atoms with Gasteiger partial charge in [-0.05, 0) is 56.6 Å². The normalized spacial score (nSPS) is 20.1. The number of rotatable bonds is 3. The van der Waals surface area contributed by atoms with Gasteiger partial charge in [-0.1, -0.05) is 6.92 Å². The summed E-state index contributed by atoms with van der Waals surface area (Å²) in [6.45, 7) is 8.10. The van der Waals surface area contributed by atoms with Crippen molar-refractivity contribution < 1.29 is 4.79 Å². The molecule has 0 aromatic carbocycles. The topological polar surface area (TPSA) is 62.5 Å². The molecule has 26 heavy (non-hydrogen) atoms. The van der Waals surface area contributed by atoms with Crippen LogP contribution in [0.25, 0.3) is 0 Å². The Morgan fingerprint density at radius 1 is 1.12 bits per heavy atom. The fourth-order valence-corrected chi connectivity index (χ4v) is 3.75. The number of hydrogen-bond donors (Lipinski definition) is 1. The van der Waals surface area contributed by atoms with Crippen LogP contribution in [0, 0.1) is 11.8 Å². The second-order valence-electron chi connectivity index (χ2n) is 7.56. The molecule has 2 N–H and O–H groups in total. The highest BCUT2D eigenvalue weighted by molar-refractivity contribution is 5.94. The first-order chi connectivity index (χ1) is 11.5. The first kappa shape index (κ1) is 23.0. The van der Waals surface area contributed by atoms with Crippen molar-refractivity contribution in [1.82, 2.24) is 9.88 Å². The number of nitrogens with zero attached hydrogens (tertiary/aromatic N) is 3. The Morgan fingerprint density at radius 3 is 2.23 bits per heavy atom. The molecule has 2 aliphatic heterocycles. The summed E-state index contributed by atoms with van der Waals surface area (Å²) in [5.74, 6) is 2.44. The number of pyridine rings is 1. The Labute approximate surface area is 169 Å². The Balaban J connectivity index is 0.00000169. The van der Waals surface area contributed by atoms with Crippen molar-refractivity contribution in [1.29, 1.82) is 0 Å². The van der Waals surface area contributed by atoms with Crippen LogP contribution < -0.4 is 10.6 Å². The number of carbonyl (C=O) groups is 1. The SMILES string of the molecule is CC1CCN(c2ccc(C(=O)N3CCC(C(C)N)CC3)cn2)CC1.Cl.Cl. The molecule has 2 aliphatic rings. The highest BCUT2D eigenvalue weighted by atomic mass is 35.5. The van der Waals surface area contributed by atoms with Crippen molar-refractivity contribution in [3.05, 3.63) is 23.9 Å². The van der Waals surface area contributed by atoms with Crippen LogP contribution in [0.4, 0.5) is 5.82 Å². The molecule has 7 heteroatoms. The zero-order chi connectivity index (χ0) is 17.1. The summed E-state index contributed by atoms with van der Waals surface area (Å²) < 4.78 is 0. The molecule has 1 atom stereocenters. The first-order valence-electron chi connectivity index (χ1n) is 9.30. The van der Waals surface area contributed by atoms with Crippen LogP contribution in [0.2, 0.25) is 0 Å². The highest BCUT2D eigenvalue weighted by Crippen LogP contribution is 2.23. The fraction of sp³-hybridized carbons (Fsp3) is 0.684. The highest BCUT2D eigenvalue weighted by Gasteiger charge is 2.26. The van der Waals surface area contributed by atoms with Crippen LogP contribution in [-0.2, 0) is 0 Å². The number of amides is 1. The maximum absolute atomic E-state index is 12.6. The van der Waals surface area contributed by atoms with E-state index in [4.69, 9.17) is 5.73 Å². The third kappa shape index (κ3) is 5.48. The molecule has 5 nitrogen and oxygen atoms in total. The van der Waals surface area contributed by atoms with Crippen LogP contribution in [-0.4, -0.2) is 48.0 Å². The van der Waals surface area contributed by atoms with Crippen molar-refractivity contribution in [2.45, 2.75) is 45.6 Å². The summed E-state index contributed by atoms with van der Waals surface area (Å²) in [5, 5.41) is 0. The number of nitrogens with two attached hydrogens (primary N) is 1. The summed E-state index contributed by atoms with van der Waals surface area (Å²) in [6, 6.07) is 4.15. The van der Waals surface area contributed by atoms with Crippen molar-refractivity contribution in [2.24, 2.45) is 17.6 Å². The zero-order valence-corrected chi connectivity index (χ0v) is 17.4. The van der Waals surface area contributed by atoms with E-state index in [2.05, 4.69) is 23.7 Å². The van der Waals surface area contributed by atoms with E-state index in [0.29, 0.717) is 11.5 Å². The standard InChI is InChI=1S/C19H30N4O.2ClH/c1-14-5-9-22(10-6-14)18-4-3-17(13-21-18)19(24)23-11-7-16(8-12-23)15(2)20;;/h3-4,13-16H,5-12,20H2,1-2H3;2*1H. The van der Waals surface area contributed by atoms with Gasteiger partial charge in [0.1, 0.15) is 5.82 Å². The zero-order valence-electron chi connectivity index (χ0n) is 15.8. The van der Waals surface area contributed by atoms with Gasteiger partial charge < -0.3 is 15.5 Å². The van der Waals surface area contributed by atoms with Gasteiger partial charge in [0.2, 0.25) is 0 Å². The lowest BCUT2D eigenvalue weighted by Gasteiger charge is -2.34. The maximum atomic E-state index is 12.6. The molecular weight excluding hydrogens is 371 g/mol. The molecular formula is C19H32Cl2N4O. The van der Waals surface area contributed by atoms with Gasteiger partial charge in [0.15, 0.2) is 0 Å². The molecule has 148 valence electrons. The van der Waals surface area contributed by atoms with Gasteiger partial charge in [-0.25, -0.2) is 4.98 Å². The van der Waals surface area contributed by atoms with Crippen LogP contribution in [0.15, 0.2) is 18.3 Å². The molecule has 0 bridgehead atoms. The Hall–Kier alpha value is -1.04. The maximum Gasteiger partial charge on any atom is 0.255 e. The summed E-state index contributed by atoms with van der Waals surface area (Å²) in [4.78, 5) is 21.5. The number of carbonyl (C=O) groups excluding carboxylic acids is 1. The Morgan fingerprint density at radius 2 is 1.73 bits per heavy atom. The lowest BCUT2D eigenvalue weighted by Crippen LogP contribution is -2.42. The summed E-state index contributed by atoms with van der Waals surface area (Å²) in [7, 11) is 0. The van der Waals surface area contributed by atoms with Crippen LogP contribution >= 0.6 is 24.8 Å². The molecule has 2 fully saturated rings. The molecule has 1 unspecified atom stereocenters. The van der Waals surface area contributed by atoms with Crippen LogP contribution in [0.3, 0.4) is 0 Å². The number of halogens is 2. The Bertz CT molecular complexity index is 551. The predicted molar refractivity (Wildman–Crippen MR) is 112 cm³/mol. The van der Waals surface area contributed by atoms with E-state index in [1.165, 1.54) is 12.8 Å². The second kappa shape index (κ2) is 10.3. The summed E-state index contributed by atoms with van der Waals surface area (Å²) in [6.07, 6.45) is 6.18. The molecule has 3 heterocycles. The first-order valence-corrected chi connectivity index (χ1v) is 9.30. The van der Waals surface area contributed by atoms with E-state index in [0.717, 1.165) is 50.8 Å². The molecule has 0 spiro atoms. The molecule has 1 aromatic heterocycles. The van der Waals surface area contributed by atoms with Gasteiger partial charge >= 0.3 is 0 Å². The van der Waals surface area contributed by atoms with E-state index >= 15 is 0 Å². The number of aromatic nitrogens is 1. The fourth-order valence-electron chi connectivity index (χ4n) is 3.75. The minimum atomic E-state index is 0. The molecule has 3 rings (SSSR count). The average molecular weight is 403 g/mol. The number of piperidine rings is 2. The molecule has 0 radical (unpaired) electrons. The summed E-state index contributed by atoms with van der Waals surface area (Å²) >= 11 is 0. The van der Waals surface area contributed by atoms with E-state index in [9.17, 15) is 4.79 Å². The van der Waals surface area contributed by atoms with E-state index < -0.39 is 0 Å². The second-order valence-corrected chi connectivity index (χ2v) is 7.56. The molecule has 0 aliphatic carbocycles. The van der Waals surface area contributed by atoms with Gasteiger partial charge in [-0.2, -0.15) is 0 Å². The lowest BCUT2D eigenvalue weighted by atomic mass is 9.91. The minimum Gasteiger partial charge on any atom is -0.357 e. The number of hydrogen-bond acceptors (Lipinski definition) is 4. The van der Waals surface area contributed by atoms with Crippen molar-refractivity contribution in [3.63, 3.8) is 0 Å².